The molecule has 1 saturated carbocycles. The Morgan fingerprint density at radius 2 is 1.94 bits per heavy atom. The van der Waals surface area contributed by atoms with E-state index in [2.05, 4.69) is 49.6 Å². The van der Waals surface area contributed by atoms with Crippen LogP contribution in [0.1, 0.15) is 44.1 Å². The van der Waals surface area contributed by atoms with Crippen LogP contribution in [0.25, 0.3) is 0 Å². The van der Waals surface area contributed by atoms with Crippen molar-refractivity contribution in [3.63, 3.8) is 0 Å². The molecular weight excluding hydrogens is 194 g/mol. The van der Waals surface area contributed by atoms with Crippen LogP contribution in [0.15, 0.2) is 30.3 Å². The van der Waals surface area contributed by atoms with Gasteiger partial charge in [-0.25, -0.2) is 0 Å². The van der Waals surface area contributed by atoms with Gasteiger partial charge in [-0.3, -0.25) is 0 Å². The van der Waals surface area contributed by atoms with Crippen LogP contribution in [0.4, 0.5) is 0 Å². The van der Waals surface area contributed by atoms with Gasteiger partial charge in [0.1, 0.15) is 0 Å². The Labute approximate surface area is 99.3 Å². The Bertz CT molecular complexity index is 302. The van der Waals surface area contributed by atoms with Crippen molar-refractivity contribution in [1.29, 1.82) is 0 Å². The average Bonchev–Trinajstić information content (AvgIpc) is 3.14. The first-order chi connectivity index (χ1) is 7.86. The van der Waals surface area contributed by atoms with E-state index >= 15 is 0 Å². The summed E-state index contributed by atoms with van der Waals surface area (Å²) in [5.74, 6) is 1.65. The lowest BCUT2D eigenvalue weighted by Crippen LogP contribution is -2.33. The number of hydrogen-bond acceptors (Lipinski definition) is 1. The Kier molecular flexibility index (Phi) is 4.00. The normalized spacial score (nSPS) is 19.4. The van der Waals surface area contributed by atoms with Crippen LogP contribution in [-0.2, 0) is 0 Å². The van der Waals surface area contributed by atoms with E-state index in [9.17, 15) is 0 Å². The predicted octanol–water partition coefficient (Wildman–Crippen LogP) is 3.57. The van der Waals surface area contributed by atoms with Crippen molar-refractivity contribution in [3.05, 3.63) is 35.9 Å². The van der Waals surface area contributed by atoms with Gasteiger partial charge in [0.15, 0.2) is 0 Å². The first kappa shape index (κ1) is 11.7. The molecule has 0 aromatic heterocycles. The molecule has 2 rings (SSSR count). The predicted molar refractivity (Wildman–Crippen MR) is 69.7 cm³/mol. The van der Waals surface area contributed by atoms with Gasteiger partial charge in [0.2, 0.25) is 0 Å². The van der Waals surface area contributed by atoms with E-state index in [4.69, 9.17) is 0 Å². The molecule has 0 spiro atoms. The van der Waals surface area contributed by atoms with Crippen LogP contribution in [-0.4, -0.2) is 13.1 Å². The second-order valence-corrected chi connectivity index (χ2v) is 4.96. The fourth-order valence-electron chi connectivity index (χ4n) is 2.78. The van der Waals surface area contributed by atoms with Gasteiger partial charge in [0.25, 0.3) is 0 Å². The number of rotatable bonds is 6. The summed E-state index contributed by atoms with van der Waals surface area (Å²) in [6, 6.07) is 11.7. The average molecular weight is 217 g/mol. The molecule has 0 radical (unpaired) electrons. The van der Waals surface area contributed by atoms with E-state index < -0.39 is 0 Å². The lowest BCUT2D eigenvalue weighted by atomic mass is 9.85. The maximum absolute atomic E-state index is 3.52. The third-order valence-electron chi connectivity index (χ3n) is 3.72. The second-order valence-electron chi connectivity index (χ2n) is 4.96. The van der Waals surface area contributed by atoms with Crippen molar-refractivity contribution in [2.75, 3.05) is 7.05 Å². The summed E-state index contributed by atoms with van der Waals surface area (Å²) in [6.45, 7) is 2.28. The Hall–Kier alpha value is -0.820. The minimum atomic E-state index is 0.653. The minimum Gasteiger partial charge on any atom is -0.316 e. The van der Waals surface area contributed by atoms with Gasteiger partial charge in [-0.05, 0) is 37.8 Å². The number of likely N-dealkylation sites (N-methyl/N-ethyl adjacent to an activating group) is 1. The molecule has 2 atom stereocenters. The minimum absolute atomic E-state index is 0.653. The first-order valence-electron chi connectivity index (χ1n) is 6.59. The standard InChI is InChI=1S/C15H23N/c1-3-7-14(16-2)15(13-10-11-13)12-8-5-4-6-9-12/h4-6,8-9,13-16H,3,7,10-11H2,1-2H3. The quantitative estimate of drug-likeness (QED) is 0.768. The molecular formula is C15H23N. The van der Waals surface area contributed by atoms with Gasteiger partial charge in [0.05, 0.1) is 0 Å². The van der Waals surface area contributed by atoms with Crippen molar-refractivity contribution in [2.24, 2.45) is 5.92 Å². The van der Waals surface area contributed by atoms with Crippen LogP contribution >= 0.6 is 0 Å². The zero-order valence-electron chi connectivity index (χ0n) is 10.4. The van der Waals surface area contributed by atoms with Gasteiger partial charge >= 0.3 is 0 Å². The summed E-state index contributed by atoms with van der Waals surface area (Å²) in [5.41, 5.74) is 1.53. The van der Waals surface area contributed by atoms with Crippen molar-refractivity contribution >= 4 is 0 Å². The van der Waals surface area contributed by atoms with Crippen LogP contribution in [0.2, 0.25) is 0 Å². The largest absolute Gasteiger partial charge is 0.316 e. The fraction of sp³-hybridized carbons (Fsp3) is 0.600. The first-order valence-corrected chi connectivity index (χ1v) is 6.59. The summed E-state index contributed by atoms with van der Waals surface area (Å²) in [6.07, 6.45) is 5.39. The van der Waals surface area contributed by atoms with E-state index in [1.165, 1.54) is 31.2 Å². The molecule has 0 aliphatic heterocycles. The van der Waals surface area contributed by atoms with Crippen LogP contribution < -0.4 is 5.32 Å². The molecule has 1 nitrogen and oxygen atoms in total. The monoisotopic (exact) mass is 217 g/mol. The van der Waals surface area contributed by atoms with E-state index in [1.807, 2.05) is 0 Å². The summed E-state index contributed by atoms with van der Waals surface area (Å²) in [5, 5.41) is 3.52. The third-order valence-corrected chi connectivity index (χ3v) is 3.72. The summed E-state index contributed by atoms with van der Waals surface area (Å²) < 4.78 is 0. The summed E-state index contributed by atoms with van der Waals surface area (Å²) >= 11 is 0. The molecule has 0 bridgehead atoms. The highest BCUT2D eigenvalue weighted by Crippen LogP contribution is 2.45. The fourth-order valence-corrected chi connectivity index (χ4v) is 2.78. The maximum atomic E-state index is 3.52. The second kappa shape index (κ2) is 5.49. The third kappa shape index (κ3) is 2.65. The molecule has 0 saturated heterocycles. The maximum Gasteiger partial charge on any atom is 0.0135 e. The Morgan fingerprint density at radius 1 is 1.25 bits per heavy atom. The molecule has 0 heterocycles. The van der Waals surface area contributed by atoms with Gasteiger partial charge in [-0.15, -0.1) is 0 Å². The SMILES string of the molecule is CCCC(NC)C(c1ccccc1)C1CC1. The van der Waals surface area contributed by atoms with E-state index in [-0.39, 0.29) is 0 Å². The molecule has 0 amide bonds. The zero-order chi connectivity index (χ0) is 11.4. The lowest BCUT2D eigenvalue weighted by molar-refractivity contribution is 0.399. The summed E-state index contributed by atoms with van der Waals surface area (Å²) in [4.78, 5) is 0. The van der Waals surface area contributed by atoms with Crippen molar-refractivity contribution in [3.8, 4) is 0 Å². The highest BCUT2D eigenvalue weighted by Gasteiger charge is 2.36. The Morgan fingerprint density at radius 3 is 2.44 bits per heavy atom. The molecule has 1 aliphatic rings. The van der Waals surface area contributed by atoms with E-state index in [0.29, 0.717) is 6.04 Å². The van der Waals surface area contributed by atoms with Gasteiger partial charge in [-0.1, -0.05) is 43.7 Å². The molecule has 1 aliphatic carbocycles. The number of hydrogen-bond donors (Lipinski definition) is 1. The van der Waals surface area contributed by atoms with Gasteiger partial charge in [0, 0.05) is 12.0 Å². The molecule has 2 unspecified atom stereocenters. The van der Waals surface area contributed by atoms with E-state index in [0.717, 1.165) is 11.8 Å². The molecule has 1 aromatic rings. The Balaban J connectivity index is 2.16. The van der Waals surface area contributed by atoms with Crippen molar-refractivity contribution in [2.45, 2.75) is 44.6 Å². The number of benzene rings is 1. The highest BCUT2D eigenvalue weighted by atomic mass is 14.9. The van der Waals surface area contributed by atoms with Crippen LogP contribution in [0.5, 0.6) is 0 Å². The number of nitrogens with one attached hydrogen (secondary N) is 1. The lowest BCUT2D eigenvalue weighted by Gasteiger charge is -2.27. The molecule has 1 N–H and O–H groups in total. The van der Waals surface area contributed by atoms with Crippen LogP contribution in [0.3, 0.4) is 0 Å². The van der Waals surface area contributed by atoms with Gasteiger partial charge in [-0.2, -0.15) is 0 Å². The smallest absolute Gasteiger partial charge is 0.0135 e. The molecule has 1 aromatic carbocycles. The molecule has 88 valence electrons. The van der Waals surface area contributed by atoms with Crippen molar-refractivity contribution < 1.29 is 0 Å². The topological polar surface area (TPSA) is 12.0 Å². The highest BCUT2D eigenvalue weighted by molar-refractivity contribution is 5.23. The molecule has 1 fully saturated rings. The van der Waals surface area contributed by atoms with Crippen LogP contribution in [0, 0.1) is 5.92 Å². The molecule has 16 heavy (non-hydrogen) atoms. The van der Waals surface area contributed by atoms with Gasteiger partial charge < -0.3 is 5.32 Å². The van der Waals surface area contributed by atoms with E-state index in [1.54, 1.807) is 0 Å². The summed E-state index contributed by atoms with van der Waals surface area (Å²) in [7, 11) is 2.11. The van der Waals surface area contributed by atoms with Crippen molar-refractivity contribution in [1.82, 2.24) is 5.32 Å². The zero-order valence-corrected chi connectivity index (χ0v) is 10.4. The molecule has 1 heteroatoms.